The van der Waals surface area contributed by atoms with E-state index in [-0.39, 0.29) is 17.2 Å². The van der Waals surface area contributed by atoms with Crippen molar-refractivity contribution in [3.05, 3.63) is 94.0 Å². The first-order valence-corrected chi connectivity index (χ1v) is 11.5. The number of anilines is 3. The van der Waals surface area contributed by atoms with Gasteiger partial charge >= 0.3 is 0 Å². The highest BCUT2D eigenvalue weighted by Crippen LogP contribution is 2.49. The molecule has 0 fully saturated rings. The first-order chi connectivity index (χ1) is 16.6. The fraction of sp³-hybridized carbons (Fsp3) is 0.200. The predicted molar refractivity (Wildman–Crippen MR) is 141 cm³/mol. The van der Waals surface area contributed by atoms with Crippen LogP contribution >= 0.6 is 0 Å². The van der Waals surface area contributed by atoms with Gasteiger partial charge in [-0.3, -0.25) is 0 Å². The Hall–Kier alpha value is -4.12. The first-order valence-electron chi connectivity index (χ1n) is 11.5. The third kappa shape index (κ3) is 4.50. The van der Waals surface area contributed by atoms with Gasteiger partial charge in [0.15, 0.2) is 0 Å². The molecule has 4 rings (SSSR count). The molecule has 0 saturated heterocycles. The van der Waals surface area contributed by atoms with Crippen molar-refractivity contribution in [2.45, 2.75) is 41.5 Å². The minimum absolute atomic E-state index is 0.140. The molecule has 0 radical (unpaired) electrons. The average Bonchev–Trinajstić information content (AvgIpc) is 2.81. The molecule has 5 nitrogen and oxygen atoms in total. The number of rotatable bonds is 5. The molecule has 35 heavy (non-hydrogen) atoms. The lowest BCUT2D eigenvalue weighted by Gasteiger charge is -2.30. The van der Waals surface area contributed by atoms with Gasteiger partial charge in [0.05, 0.1) is 17.1 Å². The normalized spacial score (nSPS) is 10.9. The van der Waals surface area contributed by atoms with Crippen molar-refractivity contribution in [1.29, 1.82) is 0 Å². The van der Waals surface area contributed by atoms with E-state index in [1.807, 2.05) is 95.0 Å². The average molecular weight is 470 g/mol. The standard InChI is InChI=1S/C30H31NO4/c1-17-10-12-19(3)29(33)27(17)31(28-18(2)11-13-20(4)30(28)34)23-8-7-9-25(15-23)35-26-16-24(32)14-21(5)22(26)6/h7-16,32-34H,1-6H3. The maximum atomic E-state index is 11.1. The minimum atomic E-state index is 0.140. The number of nitrogens with zero attached hydrogens (tertiary/aromatic N) is 1. The number of hydrogen-bond acceptors (Lipinski definition) is 5. The van der Waals surface area contributed by atoms with Crippen molar-refractivity contribution in [3.8, 4) is 28.7 Å². The summed E-state index contributed by atoms with van der Waals surface area (Å²) >= 11 is 0. The van der Waals surface area contributed by atoms with Crippen LogP contribution in [0.5, 0.6) is 28.7 Å². The summed E-state index contributed by atoms with van der Waals surface area (Å²) in [6.07, 6.45) is 0. The summed E-state index contributed by atoms with van der Waals surface area (Å²) in [6, 6.07) is 18.4. The summed E-state index contributed by atoms with van der Waals surface area (Å²) in [5, 5.41) is 32.4. The summed E-state index contributed by atoms with van der Waals surface area (Å²) in [6.45, 7) is 11.4. The Bertz CT molecular complexity index is 1370. The van der Waals surface area contributed by atoms with Gasteiger partial charge in [0.25, 0.3) is 0 Å². The Morgan fingerprint density at radius 1 is 0.600 bits per heavy atom. The van der Waals surface area contributed by atoms with Crippen LogP contribution in [0.3, 0.4) is 0 Å². The number of aryl methyl sites for hydroxylation is 5. The molecule has 4 aromatic rings. The SMILES string of the molecule is Cc1cc(O)cc(Oc2cccc(N(c3c(C)ccc(C)c3O)c3c(C)ccc(C)c3O)c2)c1C. The van der Waals surface area contributed by atoms with Crippen molar-refractivity contribution in [2.75, 3.05) is 4.90 Å². The lowest BCUT2D eigenvalue weighted by Crippen LogP contribution is -2.14. The molecule has 3 N–H and O–H groups in total. The highest BCUT2D eigenvalue weighted by atomic mass is 16.5. The van der Waals surface area contributed by atoms with E-state index in [0.29, 0.717) is 28.6 Å². The van der Waals surface area contributed by atoms with Gasteiger partial charge in [-0.1, -0.05) is 30.3 Å². The van der Waals surface area contributed by atoms with Gasteiger partial charge in [0, 0.05) is 12.1 Å². The van der Waals surface area contributed by atoms with Gasteiger partial charge in [-0.05, 0) is 93.1 Å². The maximum absolute atomic E-state index is 11.1. The van der Waals surface area contributed by atoms with Crippen LogP contribution in [0.15, 0.2) is 60.7 Å². The highest BCUT2D eigenvalue weighted by molar-refractivity contribution is 5.87. The number of aromatic hydroxyl groups is 3. The lowest BCUT2D eigenvalue weighted by atomic mass is 10.0. The molecular weight excluding hydrogens is 438 g/mol. The first kappa shape index (κ1) is 24.0. The minimum Gasteiger partial charge on any atom is -0.508 e. The third-order valence-corrected chi connectivity index (χ3v) is 6.46. The van der Waals surface area contributed by atoms with Gasteiger partial charge in [-0.25, -0.2) is 0 Å². The summed E-state index contributed by atoms with van der Waals surface area (Å²) in [7, 11) is 0. The molecule has 0 aromatic heterocycles. The smallest absolute Gasteiger partial charge is 0.142 e. The molecule has 4 aromatic carbocycles. The molecule has 0 heterocycles. The largest absolute Gasteiger partial charge is 0.508 e. The molecule has 0 spiro atoms. The van der Waals surface area contributed by atoms with E-state index in [1.165, 1.54) is 0 Å². The zero-order valence-electron chi connectivity index (χ0n) is 21.0. The summed E-state index contributed by atoms with van der Waals surface area (Å²) < 4.78 is 6.19. The van der Waals surface area contributed by atoms with Crippen molar-refractivity contribution in [1.82, 2.24) is 0 Å². The molecular formula is C30H31NO4. The van der Waals surface area contributed by atoms with Gasteiger partial charge in [0.1, 0.15) is 28.7 Å². The molecule has 180 valence electrons. The van der Waals surface area contributed by atoms with Crippen LogP contribution in [0.25, 0.3) is 0 Å². The van der Waals surface area contributed by atoms with Crippen LogP contribution in [0.2, 0.25) is 0 Å². The number of benzene rings is 4. The highest BCUT2D eigenvalue weighted by Gasteiger charge is 2.25. The lowest BCUT2D eigenvalue weighted by molar-refractivity contribution is 0.452. The molecule has 0 aliphatic heterocycles. The van der Waals surface area contributed by atoms with Gasteiger partial charge in [0.2, 0.25) is 0 Å². The van der Waals surface area contributed by atoms with E-state index in [1.54, 1.807) is 12.1 Å². The molecule has 5 heteroatoms. The van der Waals surface area contributed by atoms with Gasteiger partial charge in [-0.15, -0.1) is 0 Å². The van der Waals surface area contributed by atoms with Gasteiger partial charge < -0.3 is 25.0 Å². The molecule has 0 aliphatic rings. The second-order valence-corrected chi connectivity index (χ2v) is 9.11. The number of hydrogen-bond donors (Lipinski definition) is 3. The van der Waals surface area contributed by atoms with Crippen LogP contribution in [-0.2, 0) is 0 Å². The second-order valence-electron chi connectivity index (χ2n) is 9.11. The topological polar surface area (TPSA) is 73.2 Å². The molecule has 0 bridgehead atoms. The monoisotopic (exact) mass is 469 g/mol. The van der Waals surface area contributed by atoms with Crippen LogP contribution in [0, 0.1) is 41.5 Å². The zero-order valence-corrected chi connectivity index (χ0v) is 21.0. The fourth-order valence-corrected chi connectivity index (χ4v) is 4.22. The van der Waals surface area contributed by atoms with E-state index >= 15 is 0 Å². The van der Waals surface area contributed by atoms with Crippen LogP contribution in [0.1, 0.15) is 33.4 Å². The van der Waals surface area contributed by atoms with Crippen LogP contribution in [0.4, 0.5) is 17.1 Å². The number of phenolic OH excluding ortho intramolecular Hbond substituents is 3. The molecule has 0 unspecified atom stereocenters. The Morgan fingerprint density at radius 3 is 1.71 bits per heavy atom. The fourth-order valence-electron chi connectivity index (χ4n) is 4.22. The van der Waals surface area contributed by atoms with Crippen molar-refractivity contribution < 1.29 is 20.1 Å². The van der Waals surface area contributed by atoms with E-state index in [2.05, 4.69) is 0 Å². The molecule has 0 saturated carbocycles. The summed E-state index contributed by atoms with van der Waals surface area (Å²) in [5.41, 5.74) is 6.95. The van der Waals surface area contributed by atoms with E-state index in [0.717, 1.165) is 33.4 Å². The third-order valence-electron chi connectivity index (χ3n) is 6.46. The second kappa shape index (κ2) is 9.26. The Kier molecular flexibility index (Phi) is 6.35. The Morgan fingerprint density at radius 2 is 1.14 bits per heavy atom. The quantitative estimate of drug-likeness (QED) is 0.277. The number of ether oxygens (including phenoxy) is 1. The van der Waals surface area contributed by atoms with Crippen molar-refractivity contribution in [2.24, 2.45) is 0 Å². The zero-order chi connectivity index (χ0) is 25.4. The van der Waals surface area contributed by atoms with Crippen molar-refractivity contribution in [3.63, 3.8) is 0 Å². The Balaban J connectivity index is 1.93. The molecule has 0 amide bonds. The van der Waals surface area contributed by atoms with E-state index in [9.17, 15) is 15.3 Å². The van der Waals surface area contributed by atoms with Crippen molar-refractivity contribution >= 4 is 17.1 Å². The van der Waals surface area contributed by atoms with E-state index < -0.39 is 0 Å². The van der Waals surface area contributed by atoms with Crippen LogP contribution in [-0.4, -0.2) is 15.3 Å². The molecule has 0 atom stereocenters. The molecule has 0 aliphatic carbocycles. The Labute approximate surface area is 206 Å². The summed E-state index contributed by atoms with van der Waals surface area (Å²) in [5.74, 6) is 1.57. The predicted octanol–water partition coefficient (Wildman–Crippen LogP) is 7.92. The summed E-state index contributed by atoms with van der Waals surface area (Å²) in [4.78, 5) is 1.88. The number of phenols is 3. The van der Waals surface area contributed by atoms with E-state index in [4.69, 9.17) is 4.74 Å². The maximum Gasteiger partial charge on any atom is 0.142 e. The van der Waals surface area contributed by atoms with Gasteiger partial charge in [-0.2, -0.15) is 0 Å². The van der Waals surface area contributed by atoms with Crippen LogP contribution < -0.4 is 9.64 Å².